The fourth-order valence-electron chi connectivity index (χ4n) is 1.82. The fourth-order valence-corrected chi connectivity index (χ4v) is 1.82. The first-order valence-corrected chi connectivity index (χ1v) is 5.27. The molecule has 1 aromatic rings. The van der Waals surface area contributed by atoms with Gasteiger partial charge >= 0.3 is 17.9 Å². The molecule has 1 aromatic carbocycles. The van der Waals surface area contributed by atoms with E-state index in [1.807, 2.05) is 0 Å². The van der Waals surface area contributed by atoms with E-state index in [1.54, 1.807) is 0 Å². The van der Waals surface area contributed by atoms with Crippen LogP contribution < -0.4 is 10.2 Å². The van der Waals surface area contributed by atoms with Crippen molar-refractivity contribution in [2.75, 3.05) is 4.90 Å². The van der Waals surface area contributed by atoms with E-state index in [0.717, 1.165) is 12.1 Å². The van der Waals surface area contributed by atoms with Crippen molar-refractivity contribution < 1.29 is 32.1 Å². The number of nitrogens with zero attached hydrogens (tertiary/aromatic N) is 2. The van der Waals surface area contributed by atoms with Gasteiger partial charge in [0.1, 0.15) is 11.3 Å². The number of nitro groups is 1. The second-order valence-electron chi connectivity index (χ2n) is 3.93. The molecule has 0 spiro atoms. The van der Waals surface area contributed by atoms with Crippen LogP contribution in [0.5, 0.6) is 0 Å². The van der Waals surface area contributed by atoms with Crippen LogP contribution in [0.15, 0.2) is 18.2 Å². The first kappa shape index (κ1) is 14.7. The number of para-hydroxylation sites is 1. The lowest BCUT2D eigenvalue weighted by Gasteiger charge is -2.18. The van der Waals surface area contributed by atoms with Gasteiger partial charge < -0.3 is 0 Å². The number of nitrogens with one attached hydrogen (secondary N) is 1. The van der Waals surface area contributed by atoms with Crippen LogP contribution in [0.3, 0.4) is 0 Å². The topological polar surface area (TPSA) is 92.6 Å². The molecule has 1 atom stereocenters. The number of amides is 3. The van der Waals surface area contributed by atoms with E-state index in [-0.39, 0.29) is 4.90 Å². The first-order chi connectivity index (χ1) is 9.64. The van der Waals surface area contributed by atoms with E-state index in [9.17, 15) is 37.3 Å². The van der Waals surface area contributed by atoms with E-state index in [0.29, 0.717) is 6.07 Å². The summed E-state index contributed by atoms with van der Waals surface area (Å²) in [6, 6.07) is 0.562. The zero-order valence-corrected chi connectivity index (χ0v) is 9.85. The first-order valence-electron chi connectivity index (χ1n) is 5.27. The maximum absolute atomic E-state index is 13.6. The van der Waals surface area contributed by atoms with Crippen LogP contribution in [0.4, 0.5) is 33.7 Å². The minimum absolute atomic E-state index is 0.0320. The third-order valence-corrected chi connectivity index (χ3v) is 2.65. The monoisotopic (exact) mass is 307 g/mol. The number of alkyl halides is 4. The van der Waals surface area contributed by atoms with Crippen LogP contribution in [-0.4, -0.2) is 23.2 Å². The zero-order chi connectivity index (χ0) is 15.9. The molecule has 1 fully saturated rings. The largest absolute Gasteiger partial charge is 0.423 e. The Balaban J connectivity index is 2.68. The minimum atomic E-state index is -5.08. The summed E-state index contributed by atoms with van der Waals surface area (Å²) < 4.78 is 51.9. The lowest BCUT2D eigenvalue weighted by atomic mass is 10.1. The molecular formula is C10H5F4N3O4. The Bertz CT molecular complexity index is 646. The zero-order valence-electron chi connectivity index (χ0n) is 9.85. The van der Waals surface area contributed by atoms with E-state index < -0.39 is 46.3 Å². The van der Waals surface area contributed by atoms with E-state index in [4.69, 9.17) is 0 Å². The number of halogens is 4. The summed E-state index contributed by atoms with van der Waals surface area (Å²) in [7, 11) is 0. The van der Waals surface area contributed by atoms with Gasteiger partial charge in [-0.25, -0.2) is 14.1 Å². The van der Waals surface area contributed by atoms with Gasteiger partial charge in [0.15, 0.2) is 0 Å². The molecule has 0 bridgehead atoms. The van der Waals surface area contributed by atoms with Gasteiger partial charge in [-0.2, -0.15) is 13.2 Å². The summed E-state index contributed by atoms with van der Waals surface area (Å²) in [5.41, 5.74) is -4.10. The van der Waals surface area contributed by atoms with Gasteiger partial charge in [-0.3, -0.25) is 20.2 Å². The summed E-state index contributed by atoms with van der Waals surface area (Å²) in [6.45, 7) is 0. The smallest absolute Gasteiger partial charge is 0.273 e. The average molecular weight is 307 g/mol. The molecule has 1 N–H and O–H groups in total. The number of hydrogen-bond donors (Lipinski definition) is 1. The van der Waals surface area contributed by atoms with Gasteiger partial charge in [0.25, 0.3) is 12.2 Å². The minimum Gasteiger partial charge on any atom is -0.273 e. The van der Waals surface area contributed by atoms with Crippen molar-refractivity contribution in [3.63, 3.8) is 0 Å². The van der Waals surface area contributed by atoms with Gasteiger partial charge in [0, 0.05) is 0 Å². The third kappa shape index (κ3) is 2.37. The molecule has 3 amide bonds. The number of imide groups is 1. The molecule has 0 radical (unpaired) electrons. The molecule has 2 rings (SSSR count). The third-order valence-electron chi connectivity index (χ3n) is 2.65. The van der Waals surface area contributed by atoms with E-state index >= 15 is 0 Å². The Hall–Kier alpha value is -2.72. The van der Waals surface area contributed by atoms with Crippen LogP contribution in [0.1, 0.15) is 5.56 Å². The van der Waals surface area contributed by atoms with Crippen LogP contribution in [0, 0.1) is 10.1 Å². The van der Waals surface area contributed by atoms with Gasteiger partial charge in [-0.05, 0) is 12.1 Å². The molecule has 1 unspecified atom stereocenters. The standard InChI is InChI=1S/C10H5F4N3O4/c11-7-8(18)15-9(19)16(7)5-3-1-2-4(10(12,13)14)6(5)17(20)21/h1-3,7H,(H,15,18,19). The highest BCUT2D eigenvalue weighted by atomic mass is 19.4. The Labute approximate surface area is 113 Å². The van der Waals surface area contributed by atoms with Crippen molar-refractivity contribution in [3.05, 3.63) is 33.9 Å². The number of anilines is 1. The molecule has 0 aromatic heterocycles. The Morgan fingerprint density at radius 1 is 1.29 bits per heavy atom. The second-order valence-corrected chi connectivity index (χ2v) is 3.93. The van der Waals surface area contributed by atoms with Crippen LogP contribution in [-0.2, 0) is 11.0 Å². The van der Waals surface area contributed by atoms with E-state index in [2.05, 4.69) is 0 Å². The molecule has 1 aliphatic heterocycles. The molecule has 1 heterocycles. The molecule has 11 heteroatoms. The van der Waals surface area contributed by atoms with Gasteiger partial charge in [0.2, 0.25) is 0 Å². The predicted octanol–water partition coefficient (Wildman–Crippen LogP) is 1.97. The van der Waals surface area contributed by atoms with E-state index in [1.165, 1.54) is 5.32 Å². The average Bonchev–Trinajstić information content (AvgIpc) is 2.61. The molecule has 7 nitrogen and oxygen atoms in total. The van der Waals surface area contributed by atoms with Crippen LogP contribution in [0.2, 0.25) is 0 Å². The van der Waals surface area contributed by atoms with Crippen LogP contribution >= 0.6 is 0 Å². The highest BCUT2D eigenvalue weighted by Crippen LogP contribution is 2.42. The number of hydrogen-bond acceptors (Lipinski definition) is 4. The van der Waals surface area contributed by atoms with Crippen molar-refractivity contribution in [3.8, 4) is 0 Å². The molecule has 0 aliphatic carbocycles. The predicted molar refractivity (Wildman–Crippen MR) is 59.0 cm³/mol. The summed E-state index contributed by atoms with van der Waals surface area (Å²) in [4.78, 5) is 31.8. The highest BCUT2D eigenvalue weighted by molar-refractivity contribution is 6.14. The van der Waals surface area contributed by atoms with Crippen molar-refractivity contribution >= 4 is 23.3 Å². The molecule has 1 aliphatic rings. The number of urea groups is 1. The second kappa shape index (κ2) is 4.68. The molecule has 1 saturated heterocycles. The lowest BCUT2D eigenvalue weighted by molar-refractivity contribution is -0.387. The number of carbonyl (C=O) groups excluding carboxylic acids is 2. The highest BCUT2D eigenvalue weighted by Gasteiger charge is 2.46. The van der Waals surface area contributed by atoms with Gasteiger partial charge in [0.05, 0.1) is 4.92 Å². The maximum Gasteiger partial charge on any atom is 0.423 e. The number of rotatable bonds is 2. The Morgan fingerprint density at radius 2 is 1.90 bits per heavy atom. The van der Waals surface area contributed by atoms with Crippen LogP contribution in [0.25, 0.3) is 0 Å². The quantitative estimate of drug-likeness (QED) is 0.297. The molecule has 21 heavy (non-hydrogen) atoms. The number of nitro benzene ring substituents is 1. The maximum atomic E-state index is 13.6. The summed E-state index contributed by atoms with van der Waals surface area (Å²) in [5.74, 6) is -1.41. The van der Waals surface area contributed by atoms with Gasteiger partial charge in [-0.1, -0.05) is 6.07 Å². The summed E-state index contributed by atoms with van der Waals surface area (Å²) in [5, 5.41) is 12.4. The van der Waals surface area contributed by atoms with Crippen molar-refractivity contribution in [2.45, 2.75) is 12.5 Å². The van der Waals surface area contributed by atoms with Gasteiger partial charge in [-0.15, -0.1) is 0 Å². The number of carbonyl (C=O) groups is 2. The lowest BCUT2D eigenvalue weighted by Crippen LogP contribution is -2.33. The molecule has 112 valence electrons. The Morgan fingerprint density at radius 3 is 2.33 bits per heavy atom. The van der Waals surface area contributed by atoms with Crippen molar-refractivity contribution in [1.29, 1.82) is 0 Å². The normalized spacial score (nSPS) is 18.9. The van der Waals surface area contributed by atoms with Crippen molar-refractivity contribution in [1.82, 2.24) is 5.32 Å². The SMILES string of the molecule is O=C1NC(=O)N(c2cccc(C(F)(F)F)c2[N+](=O)[O-])C1F. The van der Waals surface area contributed by atoms with Crippen molar-refractivity contribution in [2.24, 2.45) is 0 Å². The number of benzene rings is 1. The molecular weight excluding hydrogens is 302 g/mol. The summed E-state index contributed by atoms with van der Waals surface area (Å²) >= 11 is 0. The molecule has 0 saturated carbocycles. The summed E-state index contributed by atoms with van der Waals surface area (Å²) in [6.07, 6.45) is -7.72. The fraction of sp³-hybridized carbons (Fsp3) is 0.200. The Kier molecular flexibility index (Phi) is 3.27.